The molecule has 0 radical (unpaired) electrons. The smallest absolute Gasteiger partial charge is 0.306 e. The quantitative estimate of drug-likeness (QED) is 0.922. The standard InChI is InChI=1S/C14H22N2O2S/c1-9(2)13-15-12(8-19-13)7-16-5-4-11(14(17)18)6-10(16)3/h8-11H,4-7H2,1-3H3,(H,17,18). The summed E-state index contributed by atoms with van der Waals surface area (Å²) in [5.41, 5.74) is 1.12. The van der Waals surface area contributed by atoms with Crippen LogP contribution in [-0.2, 0) is 11.3 Å². The van der Waals surface area contributed by atoms with Crippen molar-refractivity contribution in [1.82, 2.24) is 9.88 Å². The Labute approximate surface area is 118 Å². The van der Waals surface area contributed by atoms with Crippen molar-refractivity contribution in [2.75, 3.05) is 6.54 Å². The van der Waals surface area contributed by atoms with E-state index in [1.807, 2.05) is 0 Å². The first-order chi connectivity index (χ1) is 8.97. The molecule has 2 rings (SSSR count). The number of aromatic nitrogens is 1. The van der Waals surface area contributed by atoms with E-state index in [2.05, 4.69) is 36.0 Å². The summed E-state index contributed by atoms with van der Waals surface area (Å²) in [5.74, 6) is -0.343. The van der Waals surface area contributed by atoms with Gasteiger partial charge in [0.2, 0.25) is 0 Å². The molecule has 1 aliphatic rings. The second-order valence-corrected chi connectivity index (χ2v) is 6.60. The molecule has 0 bridgehead atoms. The van der Waals surface area contributed by atoms with Crippen molar-refractivity contribution < 1.29 is 9.90 Å². The third-order valence-corrected chi connectivity index (χ3v) is 4.99. The van der Waals surface area contributed by atoms with Gasteiger partial charge in [0.25, 0.3) is 0 Å². The Balaban J connectivity index is 1.94. The molecule has 106 valence electrons. The van der Waals surface area contributed by atoms with Gasteiger partial charge in [-0.25, -0.2) is 4.98 Å². The monoisotopic (exact) mass is 282 g/mol. The second-order valence-electron chi connectivity index (χ2n) is 5.71. The van der Waals surface area contributed by atoms with E-state index in [0.29, 0.717) is 12.0 Å². The van der Waals surface area contributed by atoms with Crippen LogP contribution < -0.4 is 0 Å². The molecule has 5 heteroatoms. The zero-order valence-electron chi connectivity index (χ0n) is 11.8. The molecule has 1 aliphatic heterocycles. The fourth-order valence-corrected chi connectivity index (χ4v) is 3.37. The average Bonchev–Trinajstić information content (AvgIpc) is 2.80. The average molecular weight is 282 g/mol. The maximum Gasteiger partial charge on any atom is 0.306 e. The minimum atomic E-state index is -0.651. The lowest BCUT2D eigenvalue weighted by Gasteiger charge is -2.35. The molecule has 0 aliphatic carbocycles. The van der Waals surface area contributed by atoms with Gasteiger partial charge in [-0.2, -0.15) is 0 Å². The number of carboxylic acid groups (broad SMARTS) is 1. The van der Waals surface area contributed by atoms with E-state index in [4.69, 9.17) is 5.11 Å². The molecular formula is C14H22N2O2S. The van der Waals surface area contributed by atoms with E-state index < -0.39 is 5.97 Å². The summed E-state index contributed by atoms with van der Waals surface area (Å²) in [7, 11) is 0. The van der Waals surface area contributed by atoms with Gasteiger partial charge in [-0.15, -0.1) is 11.3 Å². The number of piperidine rings is 1. The maximum atomic E-state index is 11.0. The van der Waals surface area contributed by atoms with Crippen LogP contribution in [0.2, 0.25) is 0 Å². The predicted octanol–water partition coefficient (Wildman–Crippen LogP) is 2.95. The zero-order valence-corrected chi connectivity index (χ0v) is 12.6. The molecule has 1 saturated heterocycles. The molecule has 4 nitrogen and oxygen atoms in total. The predicted molar refractivity (Wildman–Crippen MR) is 76.4 cm³/mol. The molecule has 0 spiro atoms. The molecule has 2 unspecified atom stereocenters. The number of rotatable bonds is 4. The number of aliphatic carboxylic acids is 1. The van der Waals surface area contributed by atoms with Gasteiger partial charge in [-0.1, -0.05) is 13.8 Å². The van der Waals surface area contributed by atoms with E-state index in [0.717, 1.165) is 31.6 Å². The Morgan fingerprint density at radius 1 is 1.63 bits per heavy atom. The van der Waals surface area contributed by atoms with Gasteiger partial charge < -0.3 is 5.11 Å². The van der Waals surface area contributed by atoms with Gasteiger partial charge in [-0.3, -0.25) is 9.69 Å². The fraction of sp³-hybridized carbons (Fsp3) is 0.714. The SMILES string of the molecule is CC(C)c1nc(CN2CCC(C(=O)O)CC2C)cs1. The normalized spacial score (nSPS) is 24.8. The number of hydrogen-bond acceptors (Lipinski definition) is 4. The van der Waals surface area contributed by atoms with Crippen molar-refractivity contribution in [3.05, 3.63) is 16.1 Å². The lowest BCUT2D eigenvalue weighted by Crippen LogP contribution is -2.42. The molecule has 0 amide bonds. The van der Waals surface area contributed by atoms with E-state index in [9.17, 15) is 4.79 Å². The van der Waals surface area contributed by atoms with E-state index in [1.54, 1.807) is 11.3 Å². The van der Waals surface area contributed by atoms with Gasteiger partial charge in [-0.05, 0) is 26.3 Å². The third kappa shape index (κ3) is 3.54. The summed E-state index contributed by atoms with van der Waals surface area (Å²) >= 11 is 1.72. The van der Waals surface area contributed by atoms with Crippen LogP contribution in [0.1, 0.15) is 50.2 Å². The van der Waals surface area contributed by atoms with Crippen LogP contribution in [-0.4, -0.2) is 33.5 Å². The number of nitrogens with zero attached hydrogens (tertiary/aromatic N) is 2. The summed E-state index contributed by atoms with van der Waals surface area (Å²) in [6.07, 6.45) is 1.50. The van der Waals surface area contributed by atoms with Crippen LogP contribution in [0.5, 0.6) is 0 Å². The topological polar surface area (TPSA) is 53.4 Å². The van der Waals surface area contributed by atoms with Crippen molar-refractivity contribution >= 4 is 17.3 Å². The molecule has 1 aromatic heterocycles. The van der Waals surface area contributed by atoms with Crippen molar-refractivity contribution in [3.8, 4) is 0 Å². The Hall–Kier alpha value is -0.940. The van der Waals surface area contributed by atoms with Crippen molar-refractivity contribution in [2.45, 2.75) is 52.1 Å². The van der Waals surface area contributed by atoms with Crippen molar-refractivity contribution in [3.63, 3.8) is 0 Å². The Morgan fingerprint density at radius 3 is 2.89 bits per heavy atom. The highest BCUT2D eigenvalue weighted by molar-refractivity contribution is 7.09. The summed E-state index contributed by atoms with van der Waals surface area (Å²) in [4.78, 5) is 18.0. The zero-order chi connectivity index (χ0) is 14.0. The van der Waals surface area contributed by atoms with E-state index in [1.165, 1.54) is 5.01 Å². The van der Waals surface area contributed by atoms with Crippen LogP contribution in [0.25, 0.3) is 0 Å². The van der Waals surface area contributed by atoms with Crippen LogP contribution >= 0.6 is 11.3 Å². The van der Waals surface area contributed by atoms with E-state index in [-0.39, 0.29) is 5.92 Å². The number of hydrogen-bond donors (Lipinski definition) is 1. The Morgan fingerprint density at radius 2 is 2.37 bits per heavy atom. The highest BCUT2D eigenvalue weighted by atomic mass is 32.1. The molecule has 2 atom stereocenters. The number of carboxylic acids is 1. The maximum absolute atomic E-state index is 11.0. The summed E-state index contributed by atoms with van der Waals surface area (Å²) in [6.45, 7) is 8.13. The molecule has 0 saturated carbocycles. The second kappa shape index (κ2) is 6.01. The first-order valence-corrected chi connectivity index (χ1v) is 7.76. The highest BCUT2D eigenvalue weighted by Gasteiger charge is 2.29. The third-order valence-electron chi connectivity index (χ3n) is 3.79. The molecule has 0 aromatic carbocycles. The first-order valence-electron chi connectivity index (χ1n) is 6.88. The summed E-state index contributed by atoms with van der Waals surface area (Å²) in [5, 5.41) is 12.4. The number of likely N-dealkylation sites (tertiary alicyclic amines) is 1. The minimum Gasteiger partial charge on any atom is -0.481 e. The highest BCUT2D eigenvalue weighted by Crippen LogP contribution is 2.26. The Bertz CT molecular complexity index is 444. The molecule has 19 heavy (non-hydrogen) atoms. The Kier molecular flexibility index (Phi) is 4.58. The van der Waals surface area contributed by atoms with Gasteiger partial charge in [0.1, 0.15) is 0 Å². The van der Waals surface area contributed by atoms with E-state index >= 15 is 0 Å². The number of thiazole rings is 1. The lowest BCUT2D eigenvalue weighted by molar-refractivity contribution is -0.144. The van der Waals surface area contributed by atoms with Crippen molar-refractivity contribution in [2.24, 2.45) is 5.92 Å². The molecule has 1 fully saturated rings. The van der Waals surface area contributed by atoms with Gasteiger partial charge >= 0.3 is 5.97 Å². The van der Waals surface area contributed by atoms with Crippen LogP contribution in [0.3, 0.4) is 0 Å². The lowest BCUT2D eigenvalue weighted by atomic mass is 9.92. The molecule has 1 N–H and O–H groups in total. The van der Waals surface area contributed by atoms with Gasteiger partial charge in [0, 0.05) is 23.9 Å². The molecule has 2 heterocycles. The molecule has 1 aromatic rings. The van der Waals surface area contributed by atoms with Gasteiger partial charge in [0.15, 0.2) is 0 Å². The summed E-state index contributed by atoms with van der Waals surface area (Å²) in [6, 6.07) is 0.319. The summed E-state index contributed by atoms with van der Waals surface area (Å²) < 4.78 is 0. The van der Waals surface area contributed by atoms with Crippen LogP contribution in [0.4, 0.5) is 0 Å². The first kappa shape index (κ1) is 14.5. The largest absolute Gasteiger partial charge is 0.481 e. The van der Waals surface area contributed by atoms with Crippen LogP contribution in [0, 0.1) is 5.92 Å². The van der Waals surface area contributed by atoms with Gasteiger partial charge in [0.05, 0.1) is 16.6 Å². The minimum absolute atomic E-state index is 0.173. The van der Waals surface area contributed by atoms with Crippen LogP contribution in [0.15, 0.2) is 5.38 Å². The number of carbonyl (C=O) groups is 1. The fourth-order valence-electron chi connectivity index (χ4n) is 2.55. The van der Waals surface area contributed by atoms with Crippen molar-refractivity contribution in [1.29, 1.82) is 0 Å². The molecular weight excluding hydrogens is 260 g/mol.